The van der Waals surface area contributed by atoms with Gasteiger partial charge in [0, 0.05) is 17.1 Å². The van der Waals surface area contributed by atoms with Crippen molar-refractivity contribution in [2.75, 3.05) is 19.7 Å². The van der Waals surface area contributed by atoms with Gasteiger partial charge in [-0.3, -0.25) is 14.9 Å². The van der Waals surface area contributed by atoms with E-state index in [2.05, 4.69) is 17.6 Å². The van der Waals surface area contributed by atoms with E-state index in [-0.39, 0.29) is 53.8 Å². The molecule has 2 N–H and O–H groups in total. The normalized spacial score (nSPS) is 19.9. The number of halogens is 2. The number of piperidine rings is 1. The lowest BCUT2D eigenvalue weighted by Gasteiger charge is -2.30. The largest absolute Gasteiger partial charge is 0.486 e. The number of hydrogen-bond acceptors (Lipinski definition) is 5. The van der Waals surface area contributed by atoms with Crippen molar-refractivity contribution in [2.45, 2.75) is 25.8 Å². The summed E-state index contributed by atoms with van der Waals surface area (Å²) in [6, 6.07) is 4.34. The molecule has 1 aromatic rings. The van der Waals surface area contributed by atoms with E-state index >= 15 is 0 Å². The molecule has 2 atom stereocenters. The van der Waals surface area contributed by atoms with Crippen LogP contribution in [0.2, 0.25) is 5.02 Å². The molecule has 1 aliphatic rings. The summed E-state index contributed by atoms with van der Waals surface area (Å²) >= 11 is 5.74. The van der Waals surface area contributed by atoms with Crippen molar-refractivity contribution >= 4 is 35.6 Å². The Morgan fingerprint density at radius 2 is 2.29 bits per heavy atom. The third-order valence-corrected chi connectivity index (χ3v) is 4.07. The summed E-state index contributed by atoms with van der Waals surface area (Å²) in [7, 11) is 0. The fraction of sp³-hybridized carbons (Fsp3) is 0.533. The van der Waals surface area contributed by atoms with Gasteiger partial charge in [0.25, 0.3) is 0 Å². The molecule has 1 amide bonds. The van der Waals surface area contributed by atoms with Gasteiger partial charge in [-0.15, -0.1) is 12.4 Å². The maximum absolute atomic E-state index is 12.0. The molecule has 2 rings (SSSR count). The van der Waals surface area contributed by atoms with Crippen LogP contribution < -0.4 is 15.4 Å². The number of nitrogens with zero attached hydrogens (tertiary/aromatic N) is 1. The van der Waals surface area contributed by atoms with E-state index in [1.807, 2.05) is 0 Å². The number of nitro groups is 1. The first-order valence-corrected chi connectivity index (χ1v) is 7.92. The van der Waals surface area contributed by atoms with Crippen LogP contribution in [0.15, 0.2) is 18.2 Å². The van der Waals surface area contributed by atoms with Gasteiger partial charge in [-0.05, 0) is 37.6 Å². The number of carbonyl (C=O) groups excluding carboxylic acids is 1. The predicted molar refractivity (Wildman–Crippen MR) is 94.0 cm³/mol. The standard InChI is InChI=1S/C15H20ClN3O4.ClH/c1-10-9-17-6-4-12(10)18-15(20)5-7-23-14-3-2-11(16)8-13(14)19(21)22;/h2-3,8,10,12,17H,4-7,9H2,1H3,(H,18,20);1H. The van der Waals surface area contributed by atoms with E-state index in [4.69, 9.17) is 16.3 Å². The Morgan fingerprint density at radius 3 is 2.96 bits per heavy atom. The van der Waals surface area contributed by atoms with E-state index in [1.165, 1.54) is 18.2 Å². The van der Waals surface area contributed by atoms with Crippen molar-refractivity contribution in [1.29, 1.82) is 0 Å². The van der Waals surface area contributed by atoms with Crippen molar-refractivity contribution < 1.29 is 14.5 Å². The van der Waals surface area contributed by atoms with E-state index in [9.17, 15) is 14.9 Å². The first-order chi connectivity index (χ1) is 11.0. The lowest BCUT2D eigenvalue weighted by Crippen LogP contribution is -2.48. The smallest absolute Gasteiger partial charge is 0.312 e. The van der Waals surface area contributed by atoms with Crippen LogP contribution in [0.4, 0.5) is 5.69 Å². The van der Waals surface area contributed by atoms with Crippen LogP contribution in [-0.2, 0) is 4.79 Å². The number of carbonyl (C=O) groups is 1. The molecule has 24 heavy (non-hydrogen) atoms. The SMILES string of the molecule is CC1CNCCC1NC(=O)CCOc1ccc(Cl)cc1[N+](=O)[O-].Cl. The van der Waals surface area contributed by atoms with Gasteiger partial charge in [-0.2, -0.15) is 0 Å². The number of ether oxygens (including phenoxy) is 1. The van der Waals surface area contributed by atoms with E-state index in [1.54, 1.807) is 0 Å². The van der Waals surface area contributed by atoms with Gasteiger partial charge in [-0.1, -0.05) is 18.5 Å². The molecule has 0 spiro atoms. The van der Waals surface area contributed by atoms with Gasteiger partial charge in [0.15, 0.2) is 5.75 Å². The number of hydrogen-bond donors (Lipinski definition) is 2. The average Bonchev–Trinajstić information content (AvgIpc) is 2.51. The molecule has 1 saturated heterocycles. The van der Waals surface area contributed by atoms with Gasteiger partial charge in [0.2, 0.25) is 5.91 Å². The highest BCUT2D eigenvalue weighted by molar-refractivity contribution is 6.30. The second-order valence-electron chi connectivity index (χ2n) is 5.61. The van der Waals surface area contributed by atoms with Crippen LogP contribution in [0.3, 0.4) is 0 Å². The number of rotatable bonds is 6. The van der Waals surface area contributed by atoms with Crippen LogP contribution >= 0.6 is 24.0 Å². The number of nitrogens with one attached hydrogen (secondary N) is 2. The zero-order valence-electron chi connectivity index (χ0n) is 13.3. The molecule has 134 valence electrons. The summed E-state index contributed by atoms with van der Waals surface area (Å²) in [6.07, 6.45) is 1.05. The highest BCUT2D eigenvalue weighted by Gasteiger charge is 2.22. The summed E-state index contributed by atoms with van der Waals surface area (Å²) < 4.78 is 5.37. The Labute approximate surface area is 151 Å². The van der Waals surface area contributed by atoms with Gasteiger partial charge in [0.1, 0.15) is 0 Å². The molecular formula is C15H21Cl2N3O4. The first kappa shape index (κ1) is 20.5. The topological polar surface area (TPSA) is 93.5 Å². The van der Waals surface area contributed by atoms with E-state index < -0.39 is 4.92 Å². The lowest BCUT2D eigenvalue weighted by molar-refractivity contribution is -0.385. The molecule has 1 aliphatic heterocycles. The van der Waals surface area contributed by atoms with Gasteiger partial charge in [-0.25, -0.2) is 0 Å². The molecule has 0 radical (unpaired) electrons. The number of nitro benzene ring substituents is 1. The molecule has 1 fully saturated rings. The second kappa shape index (κ2) is 9.66. The fourth-order valence-corrected chi connectivity index (χ4v) is 2.68. The Bertz CT molecular complexity index is 586. The quantitative estimate of drug-likeness (QED) is 0.586. The monoisotopic (exact) mass is 377 g/mol. The molecule has 7 nitrogen and oxygen atoms in total. The minimum atomic E-state index is -0.558. The molecule has 0 aromatic heterocycles. The van der Waals surface area contributed by atoms with E-state index in [0.29, 0.717) is 5.92 Å². The van der Waals surface area contributed by atoms with Crippen LogP contribution in [-0.4, -0.2) is 36.6 Å². The number of benzene rings is 1. The second-order valence-corrected chi connectivity index (χ2v) is 6.05. The minimum Gasteiger partial charge on any atom is -0.486 e. The maximum atomic E-state index is 12.0. The Hall–Kier alpha value is -1.57. The number of amides is 1. The lowest BCUT2D eigenvalue weighted by atomic mass is 9.95. The minimum absolute atomic E-state index is 0. The van der Waals surface area contributed by atoms with Crippen molar-refractivity contribution in [3.63, 3.8) is 0 Å². The molecule has 0 bridgehead atoms. The van der Waals surface area contributed by atoms with Gasteiger partial charge < -0.3 is 15.4 Å². The summed E-state index contributed by atoms with van der Waals surface area (Å²) in [5.41, 5.74) is -0.204. The van der Waals surface area contributed by atoms with Crippen molar-refractivity contribution in [2.24, 2.45) is 5.92 Å². The van der Waals surface area contributed by atoms with Crippen molar-refractivity contribution in [1.82, 2.24) is 10.6 Å². The van der Waals surface area contributed by atoms with Gasteiger partial charge in [0.05, 0.1) is 18.0 Å². The third kappa shape index (κ3) is 5.81. The van der Waals surface area contributed by atoms with E-state index in [0.717, 1.165) is 19.5 Å². The highest BCUT2D eigenvalue weighted by atomic mass is 35.5. The summed E-state index contributed by atoms with van der Waals surface area (Å²) in [6.45, 7) is 3.94. The predicted octanol–water partition coefficient (Wildman–Crippen LogP) is 2.55. The zero-order chi connectivity index (χ0) is 16.8. The molecule has 0 saturated carbocycles. The average molecular weight is 378 g/mol. The third-order valence-electron chi connectivity index (χ3n) is 3.84. The van der Waals surface area contributed by atoms with Crippen LogP contribution in [0, 0.1) is 16.0 Å². The fourth-order valence-electron chi connectivity index (χ4n) is 2.52. The van der Waals surface area contributed by atoms with Gasteiger partial charge >= 0.3 is 5.69 Å². The van der Waals surface area contributed by atoms with Crippen LogP contribution in [0.1, 0.15) is 19.8 Å². The Balaban J connectivity index is 0.00000288. The molecule has 1 aromatic carbocycles. The summed E-state index contributed by atoms with van der Waals surface area (Å²) in [4.78, 5) is 22.3. The molecule has 2 unspecified atom stereocenters. The molecule has 1 heterocycles. The molecule has 9 heteroatoms. The van der Waals surface area contributed by atoms with Crippen molar-refractivity contribution in [3.8, 4) is 5.75 Å². The van der Waals surface area contributed by atoms with Crippen LogP contribution in [0.25, 0.3) is 0 Å². The zero-order valence-corrected chi connectivity index (χ0v) is 14.9. The van der Waals surface area contributed by atoms with Crippen LogP contribution in [0.5, 0.6) is 5.75 Å². The highest BCUT2D eigenvalue weighted by Crippen LogP contribution is 2.29. The first-order valence-electron chi connectivity index (χ1n) is 7.54. The maximum Gasteiger partial charge on any atom is 0.312 e. The summed E-state index contributed by atoms with van der Waals surface area (Å²) in [5, 5.41) is 17.5. The molecule has 0 aliphatic carbocycles. The molecular weight excluding hydrogens is 357 g/mol. The summed E-state index contributed by atoms with van der Waals surface area (Å²) in [5.74, 6) is 0.383. The Kier molecular flexibility index (Phi) is 8.24. The van der Waals surface area contributed by atoms with Crippen molar-refractivity contribution in [3.05, 3.63) is 33.3 Å². The Morgan fingerprint density at radius 1 is 1.54 bits per heavy atom.